The van der Waals surface area contributed by atoms with Gasteiger partial charge in [0, 0.05) is 30.6 Å². The Hall–Kier alpha value is -3.33. The number of amides is 1. The number of allylic oxidation sites excluding steroid dienone is 1. The van der Waals surface area contributed by atoms with Crippen molar-refractivity contribution in [1.29, 1.82) is 5.26 Å². The maximum absolute atomic E-state index is 13.7. The Morgan fingerprint density at radius 2 is 2.15 bits per heavy atom. The minimum absolute atomic E-state index is 0.0202. The van der Waals surface area contributed by atoms with Gasteiger partial charge >= 0.3 is 0 Å². The van der Waals surface area contributed by atoms with Crippen LogP contribution in [0.4, 0.5) is 5.69 Å². The Balaban J connectivity index is 2.10. The van der Waals surface area contributed by atoms with E-state index >= 15 is 0 Å². The van der Waals surface area contributed by atoms with Gasteiger partial charge < -0.3 is 15.4 Å². The van der Waals surface area contributed by atoms with Crippen LogP contribution in [0.2, 0.25) is 0 Å². The Labute approximate surface area is 157 Å². The molecule has 1 aromatic carbocycles. The quantitative estimate of drug-likeness (QED) is 0.816. The van der Waals surface area contributed by atoms with Crippen LogP contribution in [0.25, 0.3) is 0 Å². The van der Waals surface area contributed by atoms with Crippen molar-refractivity contribution in [1.82, 2.24) is 0 Å². The molecule has 2 heterocycles. The molecule has 4 rings (SSSR count). The number of nitrogens with two attached hydrogens (primary N) is 1. The van der Waals surface area contributed by atoms with Crippen molar-refractivity contribution < 1.29 is 14.3 Å². The summed E-state index contributed by atoms with van der Waals surface area (Å²) in [6.45, 7) is 5.94. The average molecular weight is 361 g/mol. The van der Waals surface area contributed by atoms with E-state index in [0.717, 1.165) is 0 Å². The van der Waals surface area contributed by atoms with E-state index in [2.05, 4.69) is 12.6 Å². The lowest BCUT2D eigenvalue weighted by atomic mass is 9.64. The number of nitriles is 1. The highest BCUT2D eigenvalue weighted by atomic mass is 16.5. The van der Waals surface area contributed by atoms with Gasteiger partial charge in [-0.05, 0) is 12.0 Å². The Kier molecular flexibility index (Phi) is 3.70. The zero-order valence-electron chi connectivity index (χ0n) is 15.0. The molecule has 1 spiro atoms. The van der Waals surface area contributed by atoms with E-state index in [1.54, 1.807) is 23.1 Å². The number of para-hydroxylation sites is 1. The number of nitrogens with zero attached hydrogens (tertiary/aromatic N) is 2. The van der Waals surface area contributed by atoms with Gasteiger partial charge in [0.15, 0.2) is 5.78 Å². The summed E-state index contributed by atoms with van der Waals surface area (Å²) < 4.78 is 5.68. The molecule has 1 aromatic rings. The number of rotatable bonds is 2. The van der Waals surface area contributed by atoms with Gasteiger partial charge in [0.25, 0.3) is 0 Å². The van der Waals surface area contributed by atoms with Gasteiger partial charge in [-0.25, -0.2) is 0 Å². The molecule has 1 amide bonds. The first kappa shape index (κ1) is 17.1. The largest absolute Gasteiger partial charge is 0.444 e. The molecule has 6 nitrogen and oxygen atoms in total. The lowest BCUT2D eigenvalue weighted by Crippen LogP contribution is -2.49. The number of carbonyl (C=O) groups excluding carboxylic acids is 2. The molecule has 2 N–H and O–H groups in total. The number of ether oxygens (including phenoxy) is 1. The topological polar surface area (TPSA) is 96.4 Å². The molecule has 2 atom stereocenters. The fourth-order valence-corrected chi connectivity index (χ4v) is 4.45. The number of anilines is 1. The van der Waals surface area contributed by atoms with Crippen LogP contribution in [-0.4, -0.2) is 18.2 Å². The summed E-state index contributed by atoms with van der Waals surface area (Å²) in [5.74, 6) is -0.157. The minimum atomic E-state index is -1.54. The van der Waals surface area contributed by atoms with Crippen LogP contribution in [0.5, 0.6) is 0 Å². The van der Waals surface area contributed by atoms with Crippen molar-refractivity contribution in [2.45, 2.75) is 25.2 Å². The number of Topliss-reactive ketones (excluding diaryl/α,β-unsaturated/α-hetero) is 1. The van der Waals surface area contributed by atoms with Crippen LogP contribution in [0.1, 0.15) is 25.3 Å². The summed E-state index contributed by atoms with van der Waals surface area (Å²) in [6.07, 6.45) is 2.42. The number of hydrogen-bond acceptors (Lipinski definition) is 5. The molecule has 2 aliphatic heterocycles. The van der Waals surface area contributed by atoms with Gasteiger partial charge in [-0.1, -0.05) is 31.2 Å². The summed E-state index contributed by atoms with van der Waals surface area (Å²) in [6, 6.07) is 9.26. The fraction of sp³-hybridized carbons (Fsp3) is 0.286. The maximum atomic E-state index is 13.7. The van der Waals surface area contributed by atoms with Gasteiger partial charge in [-0.3, -0.25) is 9.59 Å². The molecule has 6 heteroatoms. The second-order valence-electron chi connectivity index (χ2n) is 7.16. The van der Waals surface area contributed by atoms with E-state index in [-0.39, 0.29) is 41.2 Å². The summed E-state index contributed by atoms with van der Waals surface area (Å²) >= 11 is 0. The van der Waals surface area contributed by atoms with E-state index in [9.17, 15) is 14.9 Å². The third-order valence-electron chi connectivity index (χ3n) is 5.44. The van der Waals surface area contributed by atoms with E-state index in [1.807, 2.05) is 19.1 Å². The smallest absolute Gasteiger partial charge is 0.248 e. The maximum Gasteiger partial charge on any atom is 0.248 e. The third-order valence-corrected chi connectivity index (χ3v) is 5.44. The first-order valence-electron chi connectivity index (χ1n) is 8.84. The molecule has 0 saturated heterocycles. The van der Waals surface area contributed by atoms with Gasteiger partial charge in [-0.2, -0.15) is 5.26 Å². The molecular weight excluding hydrogens is 342 g/mol. The Bertz CT molecular complexity index is 998. The summed E-state index contributed by atoms with van der Waals surface area (Å²) in [4.78, 5) is 28.4. The van der Waals surface area contributed by atoms with Crippen molar-refractivity contribution in [3.63, 3.8) is 0 Å². The third kappa shape index (κ3) is 2.05. The molecule has 0 fully saturated rings. The van der Waals surface area contributed by atoms with Crippen LogP contribution in [0, 0.1) is 17.2 Å². The van der Waals surface area contributed by atoms with Gasteiger partial charge in [0.1, 0.15) is 22.8 Å². The molecule has 0 aromatic heterocycles. The zero-order chi connectivity index (χ0) is 19.3. The normalized spacial score (nSPS) is 26.7. The van der Waals surface area contributed by atoms with Crippen molar-refractivity contribution in [2.24, 2.45) is 11.7 Å². The highest BCUT2D eigenvalue weighted by Gasteiger charge is 2.62. The molecule has 0 bridgehead atoms. The fourth-order valence-electron chi connectivity index (χ4n) is 4.45. The predicted molar refractivity (Wildman–Crippen MR) is 99.0 cm³/mol. The van der Waals surface area contributed by atoms with E-state index in [0.29, 0.717) is 29.9 Å². The van der Waals surface area contributed by atoms with Crippen LogP contribution in [-0.2, 0) is 19.7 Å². The monoisotopic (exact) mass is 361 g/mol. The van der Waals surface area contributed by atoms with Crippen LogP contribution < -0.4 is 10.6 Å². The Morgan fingerprint density at radius 3 is 2.85 bits per heavy atom. The lowest BCUT2D eigenvalue weighted by Gasteiger charge is -2.38. The van der Waals surface area contributed by atoms with Crippen LogP contribution in [0.3, 0.4) is 0 Å². The predicted octanol–water partition coefficient (Wildman–Crippen LogP) is 2.43. The molecule has 27 heavy (non-hydrogen) atoms. The second kappa shape index (κ2) is 5.85. The summed E-state index contributed by atoms with van der Waals surface area (Å²) in [5.41, 5.74) is 6.03. The standard InChI is InChI=1S/C21H19N3O3/c1-3-8-24-15-7-5-4-6-13(15)21(20(24)26)14(11-22)19(23)27-17-10-12(2)9-16(25)18(17)21/h3-7,12H,1,8-10,23H2,2H3/t12-,21-/m1/s1. The van der Waals surface area contributed by atoms with Gasteiger partial charge in [0.05, 0.1) is 5.57 Å². The van der Waals surface area contributed by atoms with E-state index in [4.69, 9.17) is 10.5 Å². The Morgan fingerprint density at radius 1 is 1.41 bits per heavy atom. The molecule has 136 valence electrons. The number of hydrogen-bond donors (Lipinski definition) is 1. The zero-order valence-corrected chi connectivity index (χ0v) is 15.0. The van der Waals surface area contributed by atoms with Crippen molar-refractivity contribution >= 4 is 17.4 Å². The van der Waals surface area contributed by atoms with Gasteiger partial charge in [-0.15, -0.1) is 6.58 Å². The number of fused-ring (bicyclic) bond motifs is 3. The van der Waals surface area contributed by atoms with Crippen molar-refractivity contribution in [3.05, 3.63) is 65.3 Å². The lowest BCUT2D eigenvalue weighted by molar-refractivity contribution is -0.125. The van der Waals surface area contributed by atoms with Crippen molar-refractivity contribution in [3.8, 4) is 6.07 Å². The summed E-state index contributed by atoms with van der Waals surface area (Å²) in [5, 5.41) is 9.88. The first-order valence-corrected chi connectivity index (χ1v) is 8.84. The number of carbonyl (C=O) groups is 2. The average Bonchev–Trinajstić information content (AvgIpc) is 2.85. The van der Waals surface area contributed by atoms with Crippen LogP contribution in [0.15, 0.2) is 59.7 Å². The highest BCUT2D eigenvalue weighted by molar-refractivity contribution is 6.20. The van der Waals surface area contributed by atoms with E-state index < -0.39 is 5.41 Å². The summed E-state index contributed by atoms with van der Waals surface area (Å²) in [7, 11) is 0. The SMILES string of the molecule is C=CCN1C(=O)[C@@]2(C(C#N)=C(N)OC3=C2C(=O)C[C@@H](C)C3)c2ccccc21. The van der Waals surface area contributed by atoms with Crippen LogP contribution >= 0.6 is 0 Å². The molecule has 0 unspecified atom stereocenters. The molecule has 3 aliphatic rings. The first-order chi connectivity index (χ1) is 13.0. The van der Waals surface area contributed by atoms with Crippen molar-refractivity contribution in [2.75, 3.05) is 11.4 Å². The molecule has 0 radical (unpaired) electrons. The number of ketones is 1. The highest BCUT2D eigenvalue weighted by Crippen LogP contribution is 2.55. The molecular formula is C21H19N3O3. The van der Waals surface area contributed by atoms with E-state index in [1.165, 1.54) is 0 Å². The molecule has 0 saturated carbocycles. The van der Waals surface area contributed by atoms with Gasteiger partial charge in [0.2, 0.25) is 11.8 Å². The second-order valence-corrected chi connectivity index (χ2v) is 7.16. The molecule has 1 aliphatic carbocycles. The number of benzene rings is 1. The minimum Gasteiger partial charge on any atom is -0.444 e.